The van der Waals surface area contributed by atoms with Crippen LogP contribution >= 0.6 is 23.2 Å². The maximum atomic E-state index is 13.4. The van der Waals surface area contributed by atoms with Crippen LogP contribution in [0.1, 0.15) is 86.4 Å². The number of rotatable bonds is 14. The smallest absolute Gasteiger partial charge is 0.489 e. The predicted octanol–water partition coefficient (Wildman–Crippen LogP) is 7.04. The minimum Gasteiger partial charge on any atom is -0.489 e. The fourth-order valence-corrected chi connectivity index (χ4v) is 11.8. The molecule has 76 heavy (non-hydrogen) atoms. The molecule has 22 heteroatoms. The number of carbonyl (C=O) groups excluding carboxylic acids is 2. The van der Waals surface area contributed by atoms with Crippen molar-refractivity contribution < 1.29 is 42.1 Å². The van der Waals surface area contributed by atoms with E-state index in [1.165, 1.54) is 25.9 Å². The van der Waals surface area contributed by atoms with Crippen LogP contribution in [0.15, 0.2) is 71.7 Å². The average molecular weight is 1090 g/mol. The van der Waals surface area contributed by atoms with Crippen LogP contribution in [0.3, 0.4) is 0 Å². The number of likely N-dealkylation sites (tertiary alicyclic amines) is 3. The van der Waals surface area contributed by atoms with Crippen LogP contribution in [0.4, 0.5) is 19.1 Å². The summed E-state index contributed by atoms with van der Waals surface area (Å²) in [6, 6.07) is 22.3. The largest absolute Gasteiger partial charge is 0.490 e. The minimum atomic E-state index is -5.08. The lowest BCUT2D eigenvalue weighted by molar-refractivity contribution is -0.192. The molecular weight excluding hydrogens is 1030 g/mol. The van der Waals surface area contributed by atoms with Crippen LogP contribution in [0, 0.1) is 16.7 Å². The molecule has 0 bridgehead atoms. The van der Waals surface area contributed by atoms with Gasteiger partial charge in [0.1, 0.15) is 31.1 Å². The quantitative estimate of drug-likeness (QED) is 0.0851. The van der Waals surface area contributed by atoms with Crippen LogP contribution in [-0.4, -0.2) is 140 Å². The number of aryl methyl sites for hydroxylation is 1. The molecule has 17 nitrogen and oxygen atoms in total. The zero-order valence-corrected chi connectivity index (χ0v) is 44.1. The van der Waals surface area contributed by atoms with E-state index in [2.05, 4.69) is 55.9 Å². The number of aliphatic carboxylic acids is 1. The first-order valence-electron chi connectivity index (χ1n) is 25.5. The van der Waals surface area contributed by atoms with Gasteiger partial charge in [0.25, 0.3) is 0 Å². The number of fused-ring (bicyclic) bond motifs is 1. The molecule has 0 saturated carbocycles. The Balaban J connectivity index is 0.000000943. The number of piperidine rings is 3. The van der Waals surface area contributed by atoms with Gasteiger partial charge in [0.15, 0.2) is 5.75 Å². The van der Waals surface area contributed by atoms with Gasteiger partial charge in [-0.2, -0.15) is 18.4 Å². The lowest BCUT2D eigenvalue weighted by Gasteiger charge is -2.58. The van der Waals surface area contributed by atoms with Crippen molar-refractivity contribution >= 4 is 58.0 Å². The lowest BCUT2D eigenvalue weighted by atomic mass is 9.71. The first-order chi connectivity index (χ1) is 36.3. The Morgan fingerprint density at radius 2 is 1.63 bits per heavy atom. The van der Waals surface area contributed by atoms with Gasteiger partial charge in [-0.15, -0.1) is 11.6 Å². The van der Waals surface area contributed by atoms with Crippen molar-refractivity contribution in [1.29, 1.82) is 5.26 Å². The number of benzene rings is 3. The van der Waals surface area contributed by atoms with Crippen LogP contribution in [0.5, 0.6) is 11.5 Å². The SMILES string of the molecule is Cn1c(=O)n(C2CCC(=O)NC2=O)c2cccc(CN3CC(N4CCC(N5CC6(CCN(c7nccc(COc8ccc(C(C)(C)c9cc(Cl)c(OCCCl)c(C#N)c9)cc8)n7)CC6)C5)CC4)C3)c21.O=C(O)C(F)(F)F. The summed E-state index contributed by atoms with van der Waals surface area (Å²) in [6.45, 7) is 14.1. The Bertz CT molecular complexity index is 3060. The topological polar surface area (TPSA) is 191 Å². The highest BCUT2D eigenvalue weighted by Crippen LogP contribution is 2.44. The number of hydrogen-bond acceptors (Lipinski definition) is 13. The first kappa shape index (κ1) is 54.5. The van der Waals surface area contributed by atoms with E-state index in [4.69, 9.17) is 47.6 Å². The summed E-state index contributed by atoms with van der Waals surface area (Å²) in [4.78, 5) is 66.6. The summed E-state index contributed by atoms with van der Waals surface area (Å²) in [5, 5.41) is 19.7. The Hall–Kier alpha value is -6.24. The molecule has 5 fully saturated rings. The molecule has 1 atom stereocenters. The molecule has 0 radical (unpaired) electrons. The number of anilines is 1. The number of alkyl halides is 4. The first-order valence-corrected chi connectivity index (χ1v) is 26.4. The van der Waals surface area contributed by atoms with E-state index in [1.807, 2.05) is 60.8 Å². The summed E-state index contributed by atoms with van der Waals surface area (Å²) < 4.78 is 46.8. The molecule has 5 aliphatic rings. The number of amides is 2. The van der Waals surface area contributed by atoms with Gasteiger partial charge in [0.2, 0.25) is 17.8 Å². The number of carbonyl (C=O) groups is 3. The molecule has 2 N–H and O–H groups in total. The second-order valence-electron chi connectivity index (χ2n) is 21.0. The third-order valence-corrected chi connectivity index (χ3v) is 16.3. The van der Waals surface area contributed by atoms with Gasteiger partial charge in [0, 0.05) is 96.1 Å². The van der Waals surface area contributed by atoms with E-state index in [-0.39, 0.29) is 24.6 Å². The number of imidazole rings is 1. The Labute approximate surface area is 448 Å². The number of nitrogens with zero attached hydrogens (tertiary/aromatic N) is 9. The lowest BCUT2D eigenvalue weighted by Crippen LogP contribution is -2.66. The van der Waals surface area contributed by atoms with Gasteiger partial charge in [-0.3, -0.25) is 38.7 Å². The molecule has 2 aromatic heterocycles. The third kappa shape index (κ3) is 11.5. The van der Waals surface area contributed by atoms with Crippen molar-refractivity contribution in [2.24, 2.45) is 12.5 Å². The summed E-state index contributed by atoms with van der Waals surface area (Å²) in [7, 11) is 1.77. The number of ether oxygens (including phenoxy) is 2. The van der Waals surface area contributed by atoms with Gasteiger partial charge in [-0.25, -0.2) is 19.6 Å². The van der Waals surface area contributed by atoms with E-state index >= 15 is 0 Å². The number of imide groups is 1. The van der Waals surface area contributed by atoms with Gasteiger partial charge < -0.3 is 19.5 Å². The standard InChI is InChI=1S/C52H60Cl2N10O5.C2HF3O2/c1-51(2,37-25-35(27-55)47(42(54)26-37)68-24-18-53)36-7-9-41(10-8-36)69-31-38-13-19-56-49(57-38)62-22-16-52(17-23-62)32-63(33-52)39-14-20-61(21-15-39)40-29-60(30-40)28-34-5-4-6-43-46(34)59(3)50(67)64(43)44-11-12-45(65)58-48(44)66;3-2(4,5)1(6)7/h4-10,13,19,25-26,39-40,44H,11-12,14-18,20-24,28-33H2,1-3H3,(H,58,65,66);(H,6,7). The van der Waals surface area contributed by atoms with Gasteiger partial charge in [0.05, 0.1) is 33.2 Å². The molecule has 5 saturated heterocycles. The monoisotopic (exact) mass is 1090 g/mol. The summed E-state index contributed by atoms with van der Waals surface area (Å²) in [5.41, 5.74) is 5.57. The second kappa shape index (κ2) is 22.4. The van der Waals surface area contributed by atoms with Crippen molar-refractivity contribution in [3.63, 3.8) is 0 Å². The van der Waals surface area contributed by atoms with Gasteiger partial charge in [-0.05, 0) is 90.6 Å². The summed E-state index contributed by atoms with van der Waals surface area (Å²) in [6.07, 6.45) is 2.01. The molecule has 10 rings (SSSR count). The number of para-hydroxylation sites is 1. The van der Waals surface area contributed by atoms with E-state index in [1.54, 1.807) is 16.2 Å². The maximum Gasteiger partial charge on any atom is 0.490 e. The van der Waals surface area contributed by atoms with Crippen LogP contribution in [0.2, 0.25) is 5.02 Å². The van der Waals surface area contributed by atoms with Gasteiger partial charge >= 0.3 is 17.8 Å². The third-order valence-electron chi connectivity index (χ3n) is 15.9. The number of carboxylic acids is 1. The van der Waals surface area contributed by atoms with Crippen molar-refractivity contribution in [2.45, 2.75) is 95.2 Å². The normalized spacial score (nSPS) is 19.8. The van der Waals surface area contributed by atoms with Gasteiger partial charge in [-0.1, -0.05) is 49.7 Å². The molecule has 7 heterocycles. The summed E-state index contributed by atoms with van der Waals surface area (Å²) >= 11 is 12.4. The van der Waals surface area contributed by atoms with Crippen LogP contribution < -0.4 is 25.4 Å². The molecule has 1 unspecified atom stereocenters. The van der Waals surface area contributed by atoms with E-state index in [0.717, 1.165) is 104 Å². The fraction of sp³-hybridized carbons (Fsp3) is 0.500. The van der Waals surface area contributed by atoms with Crippen molar-refractivity contribution in [3.8, 4) is 17.6 Å². The fourth-order valence-electron chi connectivity index (χ4n) is 11.4. The molecule has 404 valence electrons. The number of nitrogens with one attached hydrogen (secondary N) is 1. The Morgan fingerprint density at radius 3 is 2.28 bits per heavy atom. The van der Waals surface area contributed by atoms with E-state index < -0.39 is 29.5 Å². The minimum absolute atomic E-state index is 0.227. The number of aromatic nitrogens is 4. The van der Waals surface area contributed by atoms with E-state index in [0.29, 0.717) is 52.7 Å². The number of nitriles is 1. The van der Waals surface area contributed by atoms with Crippen molar-refractivity contribution in [2.75, 3.05) is 69.7 Å². The maximum absolute atomic E-state index is 13.4. The van der Waals surface area contributed by atoms with Crippen molar-refractivity contribution in [3.05, 3.63) is 110 Å². The Kier molecular flexibility index (Phi) is 16.1. The van der Waals surface area contributed by atoms with Crippen LogP contribution in [0.25, 0.3) is 11.0 Å². The number of carboxylic acid groups (broad SMARTS) is 1. The molecule has 3 aromatic carbocycles. The zero-order chi connectivity index (χ0) is 54.1. The molecule has 0 aliphatic carbocycles. The second-order valence-corrected chi connectivity index (χ2v) is 21.8. The summed E-state index contributed by atoms with van der Waals surface area (Å²) in [5.74, 6) is -1.29. The predicted molar refractivity (Wildman–Crippen MR) is 279 cm³/mol. The molecule has 2 amide bonds. The van der Waals surface area contributed by atoms with E-state index in [9.17, 15) is 32.8 Å². The zero-order valence-electron chi connectivity index (χ0n) is 42.6. The number of halogens is 5. The van der Waals surface area contributed by atoms with Crippen LogP contribution in [-0.2, 0) is 40.0 Å². The highest BCUT2D eigenvalue weighted by molar-refractivity contribution is 6.32. The highest BCUT2D eigenvalue weighted by atomic mass is 35.5. The molecular formula is C54H61Cl2F3N10O7. The Morgan fingerprint density at radius 1 is 0.934 bits per heavy atom. The average Bonchev–Trinajstić information content (AvgIpc) is 3.66. The molecule has 5 aromatic rings. The molecule has 1 spiro atoms. The number of hydrogen-bond donors (Lipinski definition) is 2. The highest BCUT2D eigenvalue weighted by Gasteiger charge is 2.48. The molecule has 5 aliphatic heterocycles. The van der Waals surface area contributed by atoms with Crippen molar-refractivity contribution in [1.82, 2.24) is 39.1 Å².